The zero-order valence-corrected chi connectivity index (χ0v) is 14.5. The fourth-order valence-corrected chi connectivity index (χ4v) is 2.65. The Hall–Kier alpha value is -1.72. The largest absolute Gasteiger partial charge is 0.374 e. The van der Waals surface area contributed by atoms with E-state index in [2.05, 4.69) is 21.2 Å². The second-order valence-electron chi connectivity index (χ2n) is 5.16. The molecule has 23 heavy (non-hydrogen) atoms. The number of hydrogen-bond donors (Lipinski definition) is 1. The predicted octanol–water partition coefficient (Wildman–Crippen LogP) is 4.49. The minimum atomic E-state index is -0.378. The van der Waals surface area contributed by atoms with Crippen molar-refractivity contribution < 1.29 is 13.9 Å². The van der Waals surface area contributed by atoms with Crippen LogP contribution in [0.2, 0.25) is 0 Å². The van der Waals surface area contributed by atoms with Crippen LogP contribution >= 0.6 is 15.9 Å². The van der Waals surface area contributed by atoms with Crippen molar-refractivity contribution in [2.45, 2.75) is 19.4 Å². The quantitative estimate of drug-likeness (QED) is 0.719. The molecule has 0 heterocycles. The highest BCUT2D eigenvalue weighted by Gasteiger charge is 2.10. The van der Waals surface area contributed by atoms with Gasteiger partial charge in [-0.2, -0.15) is 0 Å². The maximum absolute atomic E-state index is 13.0. The Labute approximate surface area is 144 Å². The van der Waals surface area contributed by atoms with E-state index in [-0.39, 0.29) is 17.8 Å². The first-order valence-corrected chi connectivity index (χ1v) is 8.27. The molecule has 3 nitrogen and oxygen atoms in total. The molecule has 1 atom stereocenters. The average molecular weight is 380 g/mol. The molecule has 0 saturated carbocycles. The summed E-state index contributed by atoms with van der Waals surface area (Å²) >= 11 is 3.19. The minimum Gasteiger partial charge on any atom is -0.374 e. The number of ether oxygens (including phenoxy) is 1. The second-order valence-corrected chi connectivity index (χ2v) is 6.01. The Morgan fingerprint density at radius 3 is 2.70 bits per heavy atom. The van der Waals surface area contributed by atoms with Crippen LogP contribution in [0, 0.1) is 5.82 Å². The van der Waals surface area contributed by atoms with Crippen LogP contribution in [-0.4, -0.2) is 19.1 Å². The van der Waals surface area contributed by atoms with Crippen LogP contribution in [-0.2, 0) is 4.74 Å². The van der Waals surface area contributed by atoms with Crippen LogP contribution in [0.5, 0.6) is 0 Å². The van der Waals surface area contributed by atoms with Crippen LogP contribution in [0.3, 0.4) is 0 Å². The lowest BCUT2D eigenvalue weighted by atomic mass is 10.1. The molecule has 0 spiro atoms. The predicted molar refractivity (Wildman–Crippen MR) is 91.9 cm³/mol. The lowest BCUT2D eigenvalue weighted by Crippen LogP contribution is -2.25. The number of hydrogen-bond acceptors (Lipinski definition) is 2. The van der Waals surface area contributed by atoms with E-state index in [1.807, 2.05) is 37.3 Å². The van der Waals surface area contributed by atoms with Gasteiger partial charge >= 0.3 is 0 Å². The zero-order valence-electron chi connectivity index (χ0n) is 12.9. The molecule has 0 radical (unpaired) electrons. The van der Waals surface area contributed by atoms with Crippen molar-refractivity contribution >= 4 is 21.8 Å². The van der Waals surface area contributed by atoms with Gasteiger partial charge in [-0.1, -0.05) is 30.3 Å². The van der Waals surface area contributed by atoms with Crippen molar-refractivity contribution in [2.24, 2.45) is 0 Å². The first-order chi connectivity index (χ1) is 11.1. The van der Waals surface area contributed by atoms with Gasteiger partial charge in [-0.25, -0.2) is 4.39 Å². The molecule has 0 fully saturated rings. The lowest BCUT2D eigenvalue weighted by molar-refractivity contribution is 0.0635. The molecular weight excluding hydrogens is 361 g/mol. The molecular formula is C18H19BrFNO2. The van der Waals surface area contributed by atoms with Gasteiger partial charge in [-0.05, 0) is 53.0 Å². The number of rotatable bonds is 7. The van der Waals surface area contributed by atoms with E-state index >= 15 is 0 Å². The standard InChI is InChI=1S/C18H19BrFNO2/c1-13(14-6-3-2-4-7-14)23-11-5-10-21-18(22)16-9-8-15(20)12-17(16)19/h2-4,6-9,12-13H,5,10-11H2,1H3,(H,21,22). The Bertz CT molecular complexity index is 649. The lowest BCUT2D eigenvalue weighted by Gasteiger charge is -2.13. The minimum absolute atomic E-state index is 0.0261. The van der Waals surface area contributed by atoms with Crippen molar-refractivity contribution in [1.29, 1.82) is 0 Å². The van der Waals surface area contributed by atoms with E-state index in [0.717, 1.165) is 5.56 Å². The summed E-state index contributed by atoms with van der Waals surface area (Å²) in [7, 11) is 0. The van der Waals surface area contributed by atoms with Gasteiger partial charge in [0.1, 0.15) is 5.82 Å². The Morgan fingerprint density at radius 1 is 1.26 bits per heavy atom. The number of halogens is 2. The summed E-state index contributed by atoms with van der Waals surface area (Å²) in [5.41, 5.74) is 1.55. The van der Waals surface area contributed by atoms with E-state index < -0.39 is 0 Å². The number of amides is 1. The summed E-state index contributed by atoms with van der Waals surface area (Å²) in [6.45, 7) is 3.06. The molecule has 0 aliphatic rings. The van der Waals surface area contributed by atoms with Crippen molar-refractivity contribution in [3.8, 4) is 0 Å². The molecule has 2 rings (SSSR count). The van der Waals surface area contributed by atoms with Crippen molar-refractivity contribution in [3.05, 3.63) is 69.9 Å². The average Bonchev–Trinajstić information content (AvgIpc) is 2.55. The van der Waals surface area contributed by atoms with Gasteiger partial charge in [0.2, 0.25) is 0 Å². The number of nitrogens with one attached hydrogen (secondary N) is 1. The monoisotopic (exact) mass is 379 g/mol. The number of benzene rings is 2. The van der Waals surface area contributed by atoms with Gasteiger partial charge in [0.05, 0.1) is 11.7 Å². The molecule has 2 aromatic carbocycles. The highest BCUT2D eigenvalue weighted by molar-refractivity contribution is 9.10. The van der Waals surface area contributed by atoms with Gasteiger partial charge in [0.15, 0.2) is 0 Å². The third kappa shape index (κ3) is 5.44. The van der Waals surface area contributed by atoms with Crippen molar-refractivity contribution in [2.75, 3.05) is 13.2 Å². The SMILES string of the molecule is CC(OCCCNC(=O)c1ccc(F)cc1Br)c1ccccc1. The maximum Gasteiger partial charge on any atom is 0.252 e. The van der Waals surface area contributed by atoms with Crippen LogP contribution in [0.15, 0.2) is 53.0 Å². The van der Waals surface area contributed by atoms with Gasteiger partial charge in [-0.15, -0.1) is 0 Å². The Morgan fingerprint density at radius 2 is 2.00 bits per heavy atom. The molecule has 1 N–H and O–H groups in total. The van der Waals surface area contributed by atoms with Crippen LogP contribution in [0.1, 0.15) is 35.4 Å². The highest BCUT2D eigenvalue weighted by Crippen LogP contribution is 2.18. The zero-order chi connectivity index (χ0) is 16.7. The van der Waals surface area contributed by atoms with Gasteiger partial charge < -0.3 is 10.1 Å². The number of carbonyl (C=O) groups is 1. The van der Waals surface area contributed by atoms with Crippen LogP contribution < -0.4 is 5.32 Å². The van der Waals surface area contributed by atoms with Crippen LogP contribution in [0.25, 0.3) is 0 Å². The Kier molecular flexibility index (Phi) is 6.74. The normalized spacial score (nSPS) is 12.0. The smallest absolute Gasteiger partial charge is 0.252 e. The third-order valence-electron chi connectivity index (χ3n) is 3.42. The number of carbonyl (C=O) groups excluding carboxylic acids is 1. The second kappa shape index (κ2) is 8.79. The molecule has 0 saturated heterocycles. The molecule has 0 aromatic heterocycles. The topological polar surface area (TPSA) is 38.3 Å². The summed E-state index contributed by atoms with van der Waals surface area (Å²) in [5, 5.41) is 2.80. The van der Waals surface area contributed by atoms with Gasteiger partial charge in [0.25, 0.3) is 5.91 Å². The fourth-order valence-electron chi connectivity index (χ4n) is 2.12. The summed E-state index contributed by atoms with van der Waals surface area (Å²) in [4.78, 5) is 12.0. The maximum atomic E-state index is 13.0. The molecule has 5 heteroatoms. The molecule has 0 aliphatic carbocycles. The van der Waals surface area contributed by atoms with E-state index in [4.69, 9.17) is 4.74 Å². The molecule has 122 valence electrons. The summed E-state index contributed by atoms with van der Waals surface area (Å²) in [6, 6.07) is 14.0. The van der Waals surface area contributed by atoms with Gasteiger partial charge in [-0.3, -0.25) is 4.79 Å². The summed E-state index contributed by atoms with van der Waals surface area (Å²) in [5.74, 6) is -0.607. The van der Waals surface area contributed by atoms with E-state index in [0.29, 0.717) is 29.6 Å². The van der Waals surface area contributed by atoms with E-state index in [1.54, 1.807) is 0 Å². The van der Waals surface area contributed by atoms with Crippen LogP contribution in [0.4, 0.5) is 4.39 Å². The first-order valence-electron chi connectivity index (χ1n) is 7.47. The molecule has 2 aromatic rings. The van der Waals surface area contributed by atoms with E-state index in [1.165, 1.54) is 18.2 Å². The summed E-state index contributed by atoms with van der Waals surface area (Å²) in [6.07, 6.45) is 0.736. The van der Waals surface area contributed by atoms with Crippen molar-refractivity contribution in [3.63, 3.8) is 0 Å². The van der Waals surface area contributed by atoms with Crippen molar-refractivity contribution in [1.82, 2.24) is 5.32 Å². The highest BCUT2D eigenvalue weighted by atomic mass is 79.9. The third-order valence-corrected chi connectivity index (χ3v) is 4.08. The first kappa shape index (κ1) is 17.6. The van der Waals surface area contributed by atoms with Gasteiger partial charge in [0, 0.05) is 17.6 Å². The molecule has 0 aliphatic heterocycles. The molecule has 0 bridgehead atoms. The fraction of sp³-hybridized carbons (Fsp3) is 0.278. The van der Waals surface area contributed by atoms with E-state index in [9.17, 15) is 9.18 Å². The summed E-state index contributed by atoms with van der Waals surface area (Å²) < 4.78 is 19.2. The molecule has 1 unspecified atom stereocenters. The Balaban J connectivity index is 1.70. The molecule has 1 amide bonds.